The number of rotatable bonds is 30. The largest absolute Gasteiger partial charge is 0.480 e. The minimum absolute atomic E-state index is 0.0694. The first-order valence-electron chi connectivity index (χ1n) is 18.6. The van der Waals surface area contributed by atoms with E-state index in [-0.39, 0.29) is 43.5 Å². The number of carboxylic acids is 1. The molecule has 296 valence electrons. The predicted octanol–water partition coefficient (Wildman–Crippen LogP) is 4.75. The molecular formula is C37H67N3O11. The van der Waals surface area contributed by atoms with E-state index < -0.39 is 35.1 Å². The highest BCUT2D eigenvalue weighted by Crippen LogP contribution is 2.13. The van der Waals surface area contributed by atoms with Gasteiger partial charge in [-0.2, -0.15) is 0 Å². The third kappa shape index (κ3) is 33.6. The lowest BCUT2D eigenvalue weighted by atomic mass is 10.1. The summed E-state index contributed by atoms with van der Waals surface area (Å²) < 4.78 is 21.7. The Morgan fingerprint density at radius 3 is 1.41 bits per heavy atom. The number of carbonyl (C=O) groups excluding carboxylic acids is 5. The normalized spacial score (nSPS) is 12.1. The molecule has 0 saturated heterocycles. The summed E-state index contributed by atoms with van der Waals surface area (Å²) in [6, 6.07) is -1.25. The summed E-state index contributed by atoms with van der Waals surface area (Å²) in [5.41, 5.74) is -1.11. The fourth-order valence-electron chi connectivity index (χ4n) is 4.65. The van der Waals surface area contributed by atoms with Crippen LogP contribution in [0.2, 0.25) is 0 Å². The summed E-state index contributed by atoms with van der Waals surface area (Å²) in [6.45, 7) is 14.0. The molecule has 0 unspecified atom stereocenters. The van der Waals surface area contributed by atoms with Gasteiger partial charge in [0.1, 0.15) is 17.2 Å². The first-order valence-corrected chi connectivity index (χ1v) is 18.6. The molecule has 0 heterocycles. The maximum absolute atomic E-state index is 12.1. The summed E-state index contributed by atoms with van der Waals surface area (Å²) in [7, 11) is 0. The molecule has 0 radical (unpaired) electrons. The topological polar surface area (TPSA) is 196 Å². The lowest BCUT2D eigenvalue weighted by Gasteiger charge is -2.20. The Hall–Kier alpha value is -3.26. The van der Waals surface area contributed by atoms with Crippen molar-refractivity contribution in [3.05, 3.63) is 0 Å². The molecule has 0 aromatic carbocycles. The molecule has 3 amide bonds. The van der Waals surface area contributed by atoms with Crippen LogP contribution >= 0.6 is 0 Å². The van der Waals surface area contributed by atoms with Crippen LogP contribution in [0.3, 0.4) is 0 Å². The van der Waals surface area contributed by atoms with Gasteiger partial charge in [0.05, 0.1) is 0 Å². The van der Waals surface area contributed by atoms with Gasteiger partial charge in [-0.15, -0.1) is 0 Å². The van der Waals surface area contributed by atoms with Gasteiger partial charge in [0, 0.05) is 71.6 Å². The molecule has 0 aliphatic rings. The second-order valence-electron chi connectivity index (χ2n) is 14.6. The molecule has 51 heavy (non-hydrogen) atoms. The zero-order valence-corrected chi connectivity index (χ0v) is 32.2. The molecule has 14 heteroatoms. The van der Waals surface area contributed by atoms with Gasteiger partial charge >= 0.3 is 17.9 Å². The quantitative estimate of drug-likeness (QED) is 0.0589. The molecule has 1 atom stereocenters. The molecule has 0 saturated carbocycles. The highest BCUT2D eigenvalue weighted by Gasteiger charge is 2.23. The van der Waals surface area contributed by atoms with Crippen LogP contribution in [0.1, 0.15) is 144 Å². The predicted molar refractivity (Wildman–Crippen MR) is 193 cm³/mol. The van der Waals surface area contributed by atoms with Crippen molar-refractivity contribution in [2.45, 2.75) is 162 Å². The van der Waals surface area contributed by atoms with Crippen LogP contribution in [0, 0.1) is 0 Å². The van der Waals surface area contributed by atoms with Crippen molar-refractivity contribution in [2.75, 3.05) is 39.5 Å². The lowest BCUT2D eigenvalue weighted by molar-refractivity contribution is -0.156. The van der Waals surface area contributed by atoms with Gasteiger partial charge in [-0.25, -0.2) is 4.79 Å². The highest BCUT2D eigenvalue weighted by molar-refractivity contribution is 5.87. The van der Waals surface area contributed by atoms with Crippen LogP contribution in [-0.4, -0.2) is 97.5 Å². The van der Waals surface area contributed by atoms with E-state index in [1.165, 1.54) is 0 Å². The number of amides is 3. The maximum Gasteiger partial charge on any atom is 0.326 e. The van der Waals surface area contributed by atoms with Crippen LogP contribution in [0.5, 0.6) is 0 Å². The van der Waals surface area contributed by atoms with Crippen molar-refractivity contribution in [3.8, 4) is 0 Å². The number of hydrogen-bond acceptors (Lipinski definition) is 10. The van der Waals surface area contributed by atoms with E-state index in [4.69, 9.17) is 18.9 Å². The molecule has 0 aliphatic carbocycles. The number of carboxylic acid groups (broad SMARTS) is 1. The van der Waals surface area contributed by atoms with Gasteiger partial charge < -0.3 is 40.0 Å². The molecule has 14 nitrogen and oxygen atoms in total. The number of aliphatic carboxylic acids is 1. The number of unbranched alkanes of at least 4 members (excludes halogenated alkanes) is 6. The average Bonchev–Trinajstić information content (AvgIpc) is 3.01. The maximum atomic E-state index is 12.1. The molecule has 0 aromatic rings. The van der Waals surface area contributed by atoms with Gasteiger partial charge in [0.15, 0.2) is 0 Å². The van der Waals surface area contributed by atoms with Crippen molar-refractivity contribution < 1.29 is 52.8 Å². The average molecular weight is 730 g/mol. The fraction of sp³-hybridized carbons (Fsp3) is 0.838. The van der Waals surface area contributed by atoms with Gasteiger partial charge in [-0.05, 0) is 86.5 Å². The van der Waals surface area contributed by atoms with Crippen LogP contribution < -0.4 is 16.0 Å². The van der Waals surface area contributed by atoms with E-state index in [2.05, 4.69) is 16.0 Å². The minimum atomic E-state index is -1.26. The fourth-order valence-corrected chi connectivity index (χ4v) is 4.65. The van der Waals surface area contributed by atoms with E-state index >= 15 is 0 Å². The zero-order valence-electron chi connectivity index (χ0n) is 32.2. The molecule has 0 fully saturated rings. The molecule has 0 rings (SSSR count). The van der Waals surface area contributed by atoms with Crippen LogP contribution in [-0.2, 0) is 47.7 Å². The van der Waals surface area contributed by atoms with Gasteiger partial charge in [-0.1, -0.05) is 25.7 Å². The Balaban J connectivity index is 3.60. The molecule has 0 aromatic heterocycles. The zero-order chi connectivity index (χ0) is 38.5. The smallest absolute Gasteiger partial charge is 0.326 e. The Kier molecular flexibility index (Phi) is 26.5. The van der Waals surface area contributed by atoms with Gasteiger partial charge in [0.25, 0.3) is 0 Å². The van der Waals surface area contributed by atoms with E-state index in [0.717, 1.165) is 57.8 Å². The van der Waals surface area contributed by atoms with Gasteiger partial charge in [-0.3, -0.25) is 24.0 Å². The second-order valence-corrected chi connectivity index (χ2v) is 14.6. The summed E-state index contributed by atoms with van der Waals surface area (Å²) in [6.07, 6.45) is 9.37. The van der Waals surface area contributed by atoms with Crippen LogP contribution in [0.15, 0.2) is 0 Å². The summed E-state index contributed by atoms with van der Waals surface area (Å²) in [4.78, 5) is 71.1. The highest BCUT2D eigenvalue weighted by atomic mass is 16.6. The van der Waals surface area contributed by atoms with E-state index in [1.807, 2.05) is 20.8 Å². The van der Waals surface area contributed by atoms with E-state index in [0.29, 0.717) is 58.8 Å². The lowest BCUT2D eigenvalue weighted by Crippen LogP contribution is -2.41. The first kappa shape index (κ1) is 47.7. The number of ether oxygens (including phenoxy) is 4. The Bertz CT molecular complexity index is 1020. The number of hydrogen-bond donors (Lipinski definition) is 4. The Labute approximate surface area is 305 Å². The van der Waals surface area contributed by atoms with Crippen molar-refractivity contribution in [1.82, 2.24) is 16.0 Å². The van der Waals surface area contributed by atoms with Crippen molar-refractivity contribution in [2.24, 2.45) is 0 Å². The molecule has 0 aliphatic heterocycles. The number of carbonyl (C=O) groups is 6. The minimum Gasteiger partial charge on any atom is -0.480 e. The van der Waals surface area contributed by atoms with Crippen molar-refractivity contribution in [1.29, 1.82) is 0 Å². The molecule has 0 bridgehead atoms. The number of nitrogens with one attached hydrogen (secondary N) is 3. The number of esters is 2. The SMILES string of the molecule is CC(C)(C)OC(=O)CCCCCCCCC(=O)NCCCOCCCCOCCCNC(=O)CCC(=O)N[C@@H](CCC(=O)OC(C)(C)C)C(=O)O. The summed E-state index contributed by atoms with van der Waals surface area (Å²) in [5.74, 6) is -2.78. The monoisotopic (exact) mass is 729 g/mol. The summed E-state index contributed by atoms with van der Waals surface area (Å²) in [5, 5.41) is 17.3. The van der Waals surface area contributed by atoms with Crippen LogP contribution in [0.4, 0.5) is 0 Å². The Morgan fingerprint density at radius 1 is 0.510 bits per heavy atom. The van der Waals surface area contributed by atoms with Gasteiger partial charge in [0.2, 0.25) is 17.7 Å². The van der Waals surface area contributed by atoms with Crippen molar-refractivity contribution >= 4 is 35.6 Å². The first-order chi connectivity index (χ1) is 24.0. The molecular weight excluding hydrogens is 662 g/mol. The van der Waals surface area contributed by atoms with Crippen molar-refractivity contribution in [3.63, 3.8) is 0 Å². The Morgan fingerprint density at radius 2 is 0.922 bits per heavy atom. The van der Waals surface area contributed by atoms with E-state index in [9.17, 15) is 33.9 Å². The summed E-state index contributed by atoms with van der Waals surface area (Å²) >= 11 is 0. The molecule has 4 N–H and O–H groups in total. The standard InChI is InChI=1S/C37H67N3O11/c1-36(2,3)50-33(44)18-12-10-8-7-9-11-17-30(41)38-23-15-27-48-25-13-14-26-49-28-16-24-39-31(42)20-21-32(43)40-29(35(46)47)19-22-34(45)51-37(4,5)6/h29H,7-28H2,1-6H3,(H,38,41)(H,39,42)(H,40,43)(H,46,47)/t29-/m0/s1. The third-order valence-electron chi connectivity index (χ3n) is 7.13. The second kappa shape index (κ2) is 28.3. The molecule has 0 spiro atoms. The van der Waals surface area contributed by atoms with E-state index in [1.54, 1.807) is 20.8 Å². The third-order valence-corrected chi connectivity index (χ3v) is 7.13. The van der Waals surface area contributed by atoms with Crippen LogP contribution in [0.25, 0.3) is 0 Å².